The van der Waals surface area contributed by atoms with Crippen LogP contribution < -0.4 is 0 Å². The van der Waals surface area contributed by atoms with Gasteiger partial charge in [0.05, 0.1) is 6.61 Å². The first-order chi connectivity index (χ1) is 8.86. The number of fused-ring (bicyclic) bond motifs is 1. The van der Waals surface area contributed by atoms with Gasteiger partial charge in [0.15, 0.2) is 6.29 Å². The second kappa shape index (κ2) is 6.31. The van der Waals surface area contributed by atoms with E-state index >= 15 is 0 Å². The van der Waals surface area contributed by atoms with Crippen molar-refractivity contribution in [3.63, 3.8) is 0 Å². The van der Waals surface area contributed by atoms with Crippen LogP contribution in [0, 0.1) is 0 Å². The fraction of sp³-hybridized carbons (Fsp3) is 0.429. The van der Waals surface area contributed by atoms with Gasteiger partial charge in [-0.25, -0.2) is 4.98 Å². The molecule has 0 aliphatic carbocycles. The summed E-state index contributed by atoms with van der Waals surface area (Å²) in [7, 11) is 0. The van der Waals surface area contributed by atoms with Crippen molar-refractivity contribution >= 4 is 17.3 Å². The average molecular weight is 246 g/mol. The molecule has 0 aromatic carbocycles. The standard InChI is InChI=1S/C14H18N2O2/c1-2-3-8-18-9-7-16-10-12(11-17)13-5-4-6-15-14(13)16/h4-6,10-11H,2-3,7-9H2,1H3. The molecule has 0 saturated heterocycles. The van der Waals surface area contributed by atoms with Gasteiger partial charge in [-0.1, -0.05) is 13.3 Å². The Balaban J connectivity index is 2.06. The number of rotatable bonds is 7. The number of unbranched alkanes of at least 4 members (excludes halogenated alkanes) is 1. The van der Waals surface area contributed by atoms with Gasteiger partial charge in [-0.3, -0.25) is 4.79 Å². The topological polar surface area (TPSA) is 44.1 Å². The van der Waals surface area contributed by atoms with Crippen LogP contribution in [0.4, 0.5) is 0 Å². The molecule has 18 heavy (non-hydrogen) atoms. The first-order valence-electron chi connectivity index (χ1n) is 6.33. The van der Waals surface area contributed by atoms with E-state index in [1.165, 1.54) is 0 Å². The van der Waals surface area contributed by atoms with Crippen molar-refractivity contribution in [2.45, 2.75) is 26.3 Å². The molecule has 0 unspecified atom stereocenters. The SMILES string of the molecule is CCCCOCCn1cc(C=O)c2cccnc21. The van der Waals surface area contributed by atoms with Crippen molar-refractivity contribution in [1.82, 2.24) is 9.55 Å². The number of aromatic nitrogens is 2. The van der Waals surface area contributed by atoms with Crippen molar-refractivity contribution in [2.24, 2.45) is 0 Å². The quantitative estimate of drug-likeness (QED) is 0.557. The number of ether oxygens (including phenoxy) is 1. The Kier molecular flexibility index (Phi) is 4.47. The molecule has 0 N–H and O–H groups in total. The number of hydrogen-bond donors (Lipinski definition) is 0. The molecule has 2 heterocycles. The third kappa shape index (κ3) is 2.76. The Morgan fingerprint density at radius 1 is 1.44 bits per heavy atom. The summed E-state index contributed by atoms with van der Waals surface area (Å²) in [5.74, 6) is 0. The molecule has 4 nitrogen and oxygen atoms in total. The van der Waals surface area contributed by atoms with Gasteiger partial charge in [0.25, 0.3) is 0 Å². The molecule has 96 valence electrons. The van der Waals surface area contributed by atoms with Gasteiger partial charge in [-0.15, -0.1) is 0 Å². The molecule has 2 rings (SSSR count). The van der Waals surface area contributed by atoms with Crippen LogP contribution in [0.3, 0.4) is 0 Å². The van der Waals surface area contributed by atoms with Gasteiger partial charge in [-0.05, 0) is 18.6 Å². The van der Waals surface area contributed by atoms with Gasteiger partial charge < -0.3 is 9.30 Å². The highest BCUT2D eigenvalue weighted by Crippen LogP contribution is 2.17. The minimum atomic E-state index is 0.651. The summed E-state index contributed by atoms with van der Waals surface area (Å²) >= 11 is 0. The van der Waals surface area contributed by atoms with E-state index in [4.69, 9.17) is 4.74 Å². The second-order valence-corrected chi connectivity index (χ2v) is 4.24. The zero-order valence-corrected chi connectivity index (χ0v) is 10.6. The van der Waals surface area contributed by atoms with E-state index in [9.17, 15) is 4.79 Å². The highest BCUT2D eigenvalue weighted by Gasteiger charge is 2.07. The maximum atomic E-state index is 11.0. The predicted molar refractivity (Wildman–Crippen MR) is 70.8 cm³/mol. The first kappa shape index (κ1) is 12.8. The molecule has 0 aliphatic rings. The lowest BCUT2D eigenvalue weighted by atomic mass is 10.2. The smallest absolute Gasteiger partial charge is 0.152 e. The Morgan fingerprint density at radius 2 is 2.33 bits per heavy atom. The van der Waals surface area contributed by atoms with Crippen LogP contribution in [-0.4, -0.2) is 29.1 Å². The van der Waals surface area contributed by atoms with E-state index in [1.54, 1.807) is 6.20 Å². The van der Waals surface area contributed by atoms with E-state index < -0.39 is 0 Å². The zero-order chi connectivity index (χ0) is 12.8. The Hall–Kier alpha value is -1.68. The van der Waals surface area contributed by atoms with Gasteiger partial charge in [0.1, 0.15) is 5.65 Å². The van der Waals surface area contributed by atoms with E-state index in [2.05, 4.69) is 11.9 Å². The van der Waals surface area contributed by atoms with Crippen LogP contribution in [0.25, 0.3) is 11.0 Å². The molecular formula is C14H18N2O2. The molecule has 2 aromatic heterocycles. The lowest BCUT2D eigenvalue weighted by molar-refractivity contribution is 0.112. The second-order valence-electron chi connectivity index (χ2n) is 4.24. The molecule has 4 heteroatoms. The summed E-state index contributed by atoms with van der Waals surface area (Å²) in [6, 6.07) is 3.76. The molecule has 0 bridgehead atoms. The van der Waals surface area contributed by atoms with Crippen LogP contribution in [0.1, 0.15) is 30.1 Å². The Labute approximate surface area is 107 Å². The molecule has 0 saturated carbocycles. The summed E-state index contributed by atoms with van der Waals surface area (Å²) in [5.41, 5.74) is 1.53. The lowest BCUT2D eigenvalue weighted by Gasteiger charge is -2.05. The Bertz CT molecular complexity index is 519. The van der Waals surface area contributed by atoms with E-state index in [0.717, 1.165) is 43.3 Å². The van der Waals surface area contributed by atoms with Crippen LogP contribution >= 0.6 is 0 Å². The van der Waals surface area contributed by atoms with Crippen LogP contribution in [-0.2, 0) is 11.3 Å². The zero-order valence-electron chi connectivity index (χ0n) is 10.6. The lowest BCUT2D eigenvalue weighted by Crippen LogP contribution is -2.06. The molecule has 0 fully saturated rings. The van der Waals surface area contributed by atoms with Gasteiger partial charge >= 0.3 is 0 Å². The van der Waals surface area contributed by atoms with Crippen LogP contribution in [0.5, 0.6) is 0 Å². The predicted octanol–water partition coefficient (Wildman–Crippen LogP) is 2.67. The third-order valence-corrected chi connectivity index (χ3v) is 2.91. The van der Waals surface area contributed by atoms with Crippen molar-refractivity contribution < 1.29 is 9.53 Å². The number of carbonyl (C=O) groups is 1. The molecular weight excluding hydrogens is 228 g/mol. The van der Waals surface area contributed by atoms with Gasteiger partial charge in [-0.2, -0.15) is 0 Å². The summed E-state index contributed by atoms with van der Waals surface area (Å²) in [6.45, 7) is 4.32. The first-order valence-corrected chi connectivity index (χ1v) is 6.33. The molecule has 0 spiro atoms. The highest BCUT2D eigenvalue weighted by atomic mass is 16.5. The molecule has 0 radical (unpaired) electrons. The Morgan fingerprint density at radius 3 is 3.11 bits per heavy atom. The van der Waals surface area contributed by atoms with Crippen molar-refractivity contribution in [3.8, 4) is 0 Å². The molecule has 2 aromatic rings. The molecule has 0 aliphatic heterocycles. The monoisotopic (exact) mass is 246 g/mol. The fourth-order valence-electron chi connectivity index (χ4n) is 1.93. The molecule has 0 atom stereocenters. The summed E-state index contributed by atoms with van der Waals surface area (Å²) in [4.78, 5) is 15.3. The molecule has 0 amide bonds. The minimum absolute atomic E-state index is 0.651. The number of nitrogens with zero attached hydrogens (tertiary/aromatic N) is 2. The average Bonchev–Trinajstić information content (AvgIpc) is 2.77. The highest BCUT2D eigenvalue weighted by molar-refractivity contribution is 5.95. The normalized spacial score (nSPS) is 10.9. The number of carbonyl (C=O) groups excluding carboxylic acids is 1. The maximum absolute atomic E-state index is 11.0. The van der Waals surface area contributed by atoms with Crippen LogP contribution in [0.2, 0.25) is 0 Å². The van der Waals surface area contributed by atoms with Gasteiger partial charge in [0.2, 0.25) is 0 Å². The number of pyridine rings is 1. The summed E-state index contributed by atoms with van der Waals surface area (Å²) in [5, 5.41) is 0.904. The largest absolute Gasteiger partial charge is 0.380 e. The third-order valence-electron chi connectivity index (χ3n) is 2.91. The summed E-state index contributed by atoms with van der Waals surface area (Å²) in [6.07, 6.45) is 6.69. The van der Waals surface area contributed by atoms with Crippen molar-refractivity contribution in [1.29, 1.82) is 0 Å². The minimum Gasteiger partial charge on any atom is -0.380 e. The van der Waals surface area contributed by atoms with Crippen molar-refractivity contribution in [2.75, 3.05) is 13.2 Å². The van der Waals surface area contributed by atoms with Crippen LogP contribution in [0.15, 0.2) is 24.5 Å². The number of aldehydes is 1. The maximum Gasteiger partial charge on any atom is 0.152 e. The van der Waals surface area contributed by atoms with E-state index in [1.807, 2.05) is 22.9 Å². The van der Waals surface area contributed by atoms with Gasteiger partial charge in [0, 0.05) is 36.5 Å². The number of hydrogen-bond acceptors (Lipinski definition) is 3. The summed E-state index contributed by atoms with van der Waals surface area (Å²) < 4.78 is 7.51. The van der Waals surface area contributed by atoms with E-state index in [-0.39, 0.29) is 0 Å². The van der Waals surface area contributed by atoms with Crippen molar-refractivity contribution in [3.05, 3.63) is 30.1 Å². The fourth-order valence-corrected chi connectivity index (χ4v) is 1.93. The van der Waals surface area contributed by atoms with E-state index in [0.29, 0.717) is 12.2 Å².